The van der Waals surface area contributed by atoms with Crippen LogP contribution in [0.3, 0.4) is 0 Å². The average Bonchev–Trinajstić information content (AvgIpc) is 3.17. The monoisotopic (exact) mass is 447 g/mol. The number of imide groups is 1. The summed E-state index contributed by atoms with van der Waals surface area (Å²) in [6.45, 7) is -0.423. The van der Waals surface area contributed by atoms with Crippen molar-refractivity contribution >= 4 is 34.6 Å². The first-order valence-corrected chi connectivity index (χ1v) is 9.91. The number of hydrogen-bond donors (Lipinski definition) is 5. The molecule has 0 saturated carbocycles. The molecular weight excluding hydrogens is 418 g/mol. The zero-order chi connectivity index (χ0) is 23.7. The quantitative estimate of drug-likeness (QED) is 0.0928. The predicted octanol–water partition coefficient (Wildman–Crippen LogP) is -1.12. The van der Waals surface area contributed by atoms with Gasteiger partial charge in [-0.2, -0.15) is 0 Å². The molecule has 0 saturated heterocycles. The second kappa shape index (κ2) is 11.8. The van der Waals surface area contributed by atoms with Crippen molar-refractivity contribution in [1.29, 1.82) is 0 Å². The minimum Gasteiger partial charge on any atom is -0.467 e. The van der Waals surface area contributed by atoms with E-state index in [9.17, 15) is 14.4 Å². The maximum absolute atomic E-state index is 13.2. The first-order valence-electron chi connectivity index (χ1n) is 9.91. The van der Waals surface area contributed by atoms with E-state index in [-0.39, 0.29) is 25.3 Å². The summed E-state index contributed by atoms with van der Waals surface area (Å²) in [4.78, 5) is 50.4. The number of rotatable bonds is 11. The van der Waals surface area contributed by atoms with E-state index in [4.69, 9.17) is 27.8 Å². The highest BCUT2D eigenvalue weighted by Gasteiger charge is 2.37. The van der Waals surface area contributed by atoms with E-state index in [2.05, 4.69) is 14.8 Å². The zero-order valence-electron chi connectivity index (χ0n) is 17.8. The first-order chi connectivity index (χ1) is 15.3. The Morgan fingerprint density at radius 1 is 1.22 bits per heavy atom. The molecule has 9 N–H and O–H groups in total. The number of fused-ring (bicyclic) bond motifs is 1. The molecule has 0 unspecified atom stereocenters. The number of amides is 2. The number of benzene rings is 1. The number of nitrogens with one attached hydrogen (secondary N) is 1. The fraction of sp³-hybridized carbons (Fsp3) is 0.400. The van der Waals surface area contributed by atoms with Gasteiger partial charge in [-0.1, -0.05) is 18.2 Å². The number of carbonyl (C=O) groups excluding carboxylic acids is 3. The number of esters is 1. The molecular formula is C20H29N7O5. The standard InChI is InChI=1S/C20H29N7O5/c1-31-19(30)16(7-4-8-25-20(22)23)27(17(28)11-32-24)18(29)14(21)9-12-10-26-15-6-3-2-5-13(12)15/h2-3,5-6,10,14,16,26H,4,7-9,11,21,24H2,1H3,(H4,22,23,25)/t14-,16-/m0/s1. The molecule has 0 aliphatic carbocycles. The van der Waals surface area contributed by atoms with E-state index in [1.54, 1.807) is 6.20 Å². The minimum absolute atomic E-state index is 0.0608. The number of para-hydroxylation sites is 1. The first kappa shape index (κ1) is 24.8. The molecule has 2 rings (SSSR count). The van der Waals surface area contributed by atoms with E-state index in [0.29, 0.717) is 6.42 Å². The number of carbonyl (C=O) groups is 3. The summed E-state index contributed by atoms with van der Waals surface area (Å²) in [6.07, 6.45) is 2.25. The molecule has 0 aliphatic heterocycles. The highest BCUT2D eigenvalue weighted by atomic mass is 16.6. The van der Waals surface area contributed by atoms with Gasteiger partial charge in [-0.05, 0) is 30.9 Å². The number of hydrogen-bond acceptors (Lipinski definition) is 8. The van der Waals surface area contributed by atoms with Gasteiger partial charge < -0.3 is 26.9 Å². The Morgan fingerprint density at radius 2 is 1.94 bits per heavy atom. The number of methoxy groups -OCH3 is 1. The lowest BCUT2D eigenvalue weighted by atomic mass is 10.0. The Kier molecular flexibility index (Phi) is 9.13. The van der Waals surface area contributed by atoms with Crippen LogP contribution < -0.4 is 23.1 Å². The van der Waals surface area contributed by atoms with Gasteiger partial charge in [0.05, 0.1) is 13.2 Å². The summed E-state index contributed by atoms with van der Waals surface area (Å²) in [6, 6.07) is 5.18. The van der Waals surface area contributed by atoms with Crippen molar-refractivity contribution < 1.29 is 24.0 Å². The summed E-state index contributed by atoms with van der Waals surface area (Å²) in [5.41, 5.74) is 18.5. The Bertz CT molecular complexity index is 970. The largest absolute Gasteiger partial charge is 0.467 e. The second-order valence-electron chi connectivity index (χ2n) is 7.07. The van der Waals surface area contributed by atoms with Crippen molar-refractivity contribution in [2.75, 3.05) is 20.3 Å². The van der Waals surface area contributed by atoms with Crippen LogP contribution in [0, 0.1) is 0 Å². The highest BCUT2D eigenvalue weighted by Crippen LogP contribution is 2.20. The third kappa shape index (κ3) is 6.26. The van der Waals surface area contributed by atoms with Crippen molar-refractivity contribution in [2.24, 2.45) is 28.1 Å². The highest BCUT2D eigenvalue weighted by molar-refractivity contribution is 6.02. The van der Waals surface area contributed by atoms with Gasteiger partial charge in [0.15, 0.2) is 5.96 Å². The van der Waals surface area contributed by atoms with Crippen LogP contribution in [0.25, 0.3) is 10.9 Å². The van der Waals surface area contributed by atoms with E-state index in [1.165, 1.54) is 0 Å². The molecule has 1 aromatic heterocycles. The number of aliphatic imine (C=N–C) groups is 1. The van der Waals surface area contributed by atoms with E-state index >= 15 is 0 Å². The molecule has 2 atom stereocenters. The third-order valence-corrected chi connectivity index (χ3v) is 4.86. The van der Waals surface area contributed by atoms with Crippen molar-refractivity contribution in [3.8, 4) is 0 Å². The predicted molar refractivity (Wildman–Crippen MR) is 118 cm³/mol. The van der Waals surface area contributed by atoms with Gasteiger partial charge in [0.2, 0.25) is 5.91 Å². The molecule has 32 heavy (non-hydrogen) atoms. The fourth-order valence-electron chi connectivity index (χ4n) is 3.38. The lowest BCUT2D eigenvalue weighted by Gasteiger charge is -2.30. The number of aromatic amines is 1. The van der Waals surface area contributed by atoms with E-state index < -0.39 is 36.5 Å². The number of nitrogens with zero attached hydrogens (tertiary/aromatic N) is 2. The molecule has 174 valence electrons. The zero-order valence-corrected chi connectivity index (χ0v) is 17.8. The molecule has 0 fully saturated rings. The lowest BCUT2D eigenvalue weighted by molar-refractivity contribution is -0.162. The number of H-pyrrole nitrogens is 1. The van der Waals surface area contributed by atoms with Crippen LogP contribution in [-0.2, 0) is 30.4 Å². The summed E-state index contributed by atoms with van der Waals surface area (Å²) < 4.78 is 4.81. The molecule has 0 spiro atoms. The molecule has 0 bridgehead atoms. The summed E-state index contributed by atoms with van der Waals surface area (Å²) in [7, 11) is 1.16. The summed E-state index contributed by atoms with van der Waals surface area (Å²) in [5.74, 6) is 2.56. The van der Waals surface area contributed by atoms with E-state index in [1.807, 2.05) is 24.3 Å². The van der Waals surface area contributed by atoms with Gasteiger partial charge in [-0.25, -0.2) is 10.7 Å². The smallest absolute Gasteiger partial charge is 0.329 e. The normalized spacial score (nSPS) is 12.7. The second-order valence-corrected chi connectivity index (χ2v) is 7.07. The Labute approximate surface area is 184 Å². The van der Waals surface area contributed by atoms with Crippen LogP contribution >= 0.6 is 0 Å². The molecule has 1 aromatic carbocycles. The van der Waals surface area contributed by atoms with Crippen molar-refractivity contribution in [3.05, 3.63) is 36.0 Å². The fourth-order valence-corrected chi connectivity index (χ4v) is 3.38. The Morgan fingerprint density at radius 3 is 2.59 bits per heavy atom. The SMILES string of the molecule is COC(=O)[C@H](CCCN=C(N)N)N(C(=O)CON)C(=O)[C@@H](N)Cc1c[nH]c2ccccc12. The number of guanidine groups is 1. The number of aromatic nitrogens is 1. The van der Waals surface area contributed by atoms with Gasteiger partial charge in [-0.15, -0.1) is 0 Å². The van der Waals surface area contributed by atoms with Crippen LogP contribution in [0.4, 0.5) is 0 Å². The van der Waals surface area contributed by atoms with Crippen LogP contribution in [-0.4, -0.2) is 66.0 Å². The number of nitrogens with two attached hydrogens (primary N) is 4. The molecule has 2 aromatic rings. The Balaban J connectivity index is 2.26. The molecule has 0 aliphatic rings. The van der Waals surface area contributed by atoms with Crippen LogP contribution in [0.1, 0.15) is 18.4 Å². The van der Waals surface area contributed by atoms with Crippen molar-refractivity contribution in [2.45, 2.75) is 31.3 Å². The summed E-state index contributed by atoms with van der Waals surface area (Å²) in [5, 5.41) is 0.903. The summed E-state index contributed by atoms with van der Waals surface area (Å²) >= 11 is 0. The van der Waals surface area contributed by atoms with Crippen LogP contribution in [0.15, 0.2) is 35.5 Å². The van der Waals surface area contributed by atoms with Crippen LogP contribution in [0.2, 0.25) is 0 Å². The molecule has 12 heteroatoms. The lowest BCUT2D eigenvalue weighted by Crippen LogP contribution is -2.56. The van der Waals surface area contributed by atoms with E-state index in [0.717, 1.165) is 28.5 Å². The number of ether oxygens (including phenoxy) is 1. The van der Waals surface area contributed by atoms with Crippen molar-refractivity contribution in [3.63, 3.8) is 0 Å². The maximum atomic E-state index is 13.2. The maximum Gasteiger partial charge on any atom is 0.329 e. The van der Waals surface area contributed by atoms with Gasteiger partial charge in [0, 0.05) is 23.6 Å². The minimum atomic E-state index is -1.24. The van der Waals surface area contributed by atoms with Gasteiger partial charge in [0.25, 0.3) is 5.91 Å². The topological polar surface area (TPSA) is 205 Å². The third-order valence-electron chi connectivity index (χ3n) is 4.86. The molecule has 1 heterocycles. The molecule has 0 radical (unpaired) electrons. The van der Waals surface area contributed by atoms with Gasteiger partial charge in [0.1, 0.15) is 12.6 Å². The Hall–Kier alpha value is -3.48. The van der Waals surface area contributed by atoms with Crippen LogP contribution in [0.5, 0.6) is 0 Å². The van der Waals surface area contributed by atoms with Gasteiger partial charge >= 0.3 is 5.97 Å². The van der Waals surface area contributed by atoms with Gasteiger partial charge in [-0.3, -0.25) is 24.3 Å². The van der Waals surface area contributed by atoms with Crippen molar-refractivity contribution in [1.82, 2.24) is 9.88 Å². The molecule has 12 nitrogen and oxygen atoms in total. The average molecular weight is 447 g/mol. The molecule has 2 amide bonds.